The average Bonchev–Trinajstić information content (AvgIpc) is 2.29. The van der Waals surface area contributed by atoms with E-state index in [-0.39, 0.29) is 0 Å². The first kappa shape index (κ1) is 9.72. The summed E-state index contributed by atoms with van der Waals surface area (Å²) >= 11 is 0. The van der Waals surface area contributed by atoms with Crippen LogP contribution in [0, 0.1) is 5.92 Å². The zero-order chi connectivity index (χ0) is 9.64. The molecule has 0 radical (unpaired) electrons. The van der Waals surface area contributed by atoms with Gasteiger partial charge in [-0.05, 0) is 50.3 Å². The molecule has 0 amide bonds. The van der Waals surface area contributed by atoms with Crippen molar-refractivity contribution >= 4 is 0 Å². The third kappa shape index (κ3) is 2.85. The predicted octanol–water partition coefficient (Wildman–Crippen LogP) is 2.62. The summed E-state index contributed by atoms with van der Waals surface area (Å²) in [6, 6.07) is 10.8. The Kier molecular flexibility index (Phi) is 3.58. The van der Waals surface area contributed by atoms with Gasteiger partial charge in [-0.1, -0.05) is 30.3 Å². The lowest BCUT2D eigenvalue weighted by atomic mass is 9.93. The first-order valence-corrected chi connectivity index (χ1v) is 5.70. The molecule has 0 saturated carbocycles. The van der Waals surface area contributed by atoms with Crippen LogP contribution >= 0.6 is 0 Å². The normalized spacial score (nSPS) is 22.1. The molecule has 1 fully saturated rings. The summed E-state index contributed by atoms with van der Waals surface area (Å²) in [5, 5.41) is 3.47. The Morgan fingerprint density at radius 1 is 1.21 bits per heavy atom. The summed E-state index contributed by atoms with van der Waals surface area (Å²) < 4.78 is 0. The van der Waals surface area contributed by atoms with Gasteiger partial charge in [-0.3, -0.25) is 0 Å². The second-order valence-electron chi connectivity index (χ2n) is 4.24. The van der Waals surface area contributed by atoms with Crippen molar-refractivity contribution in [2.75, 3.05) is 13.1 Å². The lowest BCUT2D eigenvalue weighted by Crippen LogP contribution is -2.29. The van der Waals surface area contributed by atoms with Gasteiger partial charge < -0.3 is 5.32 Å². The monoisotopic (exact) mass is 189 g/mol. The van der Waals surface area contributed by atoms with Crippen molar-refractivity contribution in [2.45, 2.75) is 25.7 Å². The molecule has 1 heteroatoms. The fourth-order valence-corrected chi connectivity index (χ4v) is 2.19. The van der Waals surface area contributed by atoms with E-state index in [0.717, 1.165) is 5.92 Å². The zero-order valence-corrected chi connectivity index (χ0v) is 8.71. The highest BCUT2D eigenvalue weighted by Gasteiger charge is 2.12. The van der Waals surface area contributed by atoms with Crippen molar-refractivity contribution in [1.29, 1.82) is 0 Å². The molecule has 1 nitrogen and oxygen atoms in total. The van der Waals surface area contributed by atoms with Gasteiger partial charge >= 0.3 is 0 Å². The van der Waals surface area contributed by atoms with E-state index in [1.807, 2.05) is 0 Å². The first-order valence-electron chi connectivity index (χ1n) is 5.70. The molecule has 2 rings (SSSR count). The lowest BCUT2D eigenvalue weighted by Gasteiger charge is -2.22. The molecule has 14 heavy (non-hydrogen) atoms. The number of nitrogens with one attached hydrogen (secondary N) is 1. The average molecular weight is 189 g/mol. The number of benzene rings is 1. The molecule has 1 atom stereocenters. The van der Waals surface area contributed by atoms with Crippen LogP contribution < -0.4 is 5.32 Å². The van der Waals surface area contributed by atoms with E-state index < -0.39 is 0 Å². The van der Waals surface area contributed by atoms with E-state index in [2.05, 4.69) is 35.6 Å². The number of hydrogen-bond donors (Lipinski definition) is 1. The Hall–Kier alpha value is -0.820. The Bertz CT molecular complexity index is 249. The maximum Gasteiger partial charge on any atom is -0.00204 e. The molecule has 1 N–H and O–H groups in total. The third-order valence-corrected chi connectivity index (χ3v) is 3.08. The van der Waals surface area contributed by atoms with E-state index >= 15 is 0 Å². The Morgan fingerprint density at radius 2 is 2.07 bits per heavy atom. The highest BCUT2D eigenvalue weighted by atomic mass is 14.9. The van der Waals surface area contributed by atoms with E-state index in [0.29, 0.717) is 0 Å². The number of hydrogen-bond acceptors (Lipinski definition) is 1. The van der Waals surface area contributed by atoms with Gasteiger partial charge in [0.05, 0.1) is 0 Å². The topological polar surface area (TPSA) is 12.0 Å². The SMILES string of the molecule is c1ccc(CC[C@@H]2CCCNC2)cc1. The molecule has 0 bridgehead atoms. The van der Waals surface area contributed by atoms with Crippen molar-refractivity contribution in [1.82, 2.24) is 5.32 Å². The Labute approximate surface area is 86.5 Å². The molecule has 1 aromatic carbocycles. The highest BCUT2D eigenvalue weighted by molar-refractivity contribution is 5.14. The van der Waals surface area contributed by atoms with E-state index in [4.69, 9.17) is 0 Å². The summed E-state index contributed by atoms with van der Waals surface area (Å²) in [5.74, 6) is 0.906. The molecule has 1 aliphatic rings. The van der Waals surface area contributed by atoms with Crippen molar-refractivity contribution in [2.24, 2.45) is 5.92 Å². The number of piperidine rings is 1. The van der Waals surface area contributed by atoms with Gasteiger partial charge in [0.2, 0.25) is 0 Å². The van der Waals surface area contributed by atoms with Crippen LogP contribution in [-0.4, -0.2) is 13.1 Å². The molecule has 0 spiro atoms. The van der Waals surface area contributed by atoms with Gasteiger partial charge in [0.15, 0.2) is 0 Å². The largest absolute Gasteiger partial charge is 0.316 e. The minimum absolute atomic E-state index is 0.906. The van der Waals surface area contributed by atoms with Crippen LogP contribution in [-0.2, 0) is 6.42 Å². The molecular formula is C13H19N. The minimum Gasteiger partial charge on any atom is -0.316 e. The van der Waals surface area contributed by atoms with Crippen molar-refractivity contribution in [3.63, 3.8) is 0 Å². The fraction of sp³-hybridized carbons (Fsp3) is 0.538. The second-order valence-corrected chi connectivity index (χ2v) is 4.24. The van der Waals surface area contributed by atoms with Gasteiger partial charge in [0.1, 0.15) is 0 Å². The molecule has 76 valence electrons. The Balaban J connectivity index is 1.76. The summed E-state index contributed by atoms with van der Waals surface area (Å²) in [7, 11) is 0. The van der Waals surface area contributed by atoms with E-state index in [1.54, 1.807) is 0 Å². The van der Waals surface area contributed by atoms with Crippen LogP contribution in [0.5, 0.6) is 0 Å². The maximum atomic E-state index is 3.47. The van der Waals surface area contributed by atoms with Crippen molar-refractivity contribution in [3.05, 3.63) is 35.9 Å². The van der Waals surface area contributed by atoms with Crippen LogP contribution in [0.25, 0.3) is 0 Å². The van der Waals surface area contributed by atoms with Crippen molar-refractivity contribution in [3.8, 4) is 0 Å². The van der Waals surface area contributed by atoms with Gasteiger partial charge in [0, 0.05) is 0 Å². The molecule has 1 saturated heterocycles. The summed E-state index contributed by atoms with van der Waals surface area (Å²) in [6.07, 6.45) is 5.36. The standard InChI is InChI=1S/C13H19N/c1-2-5-12(6-3-1)8-9-13-7-4-10-14-11-13/h1-3,5-6,13-14H,4,7-11H2/t13-/m0/s1. The minimum atomic E-state index is 0.906. The molecular weight excluding hydrogens is 170 g/mol. The van der Waals surface area contributed by atoms with Gasteiger partial charge in [-0.2, -0.15) is 0 Å². The van der Waals surface area contributed by atoms with Crippen LogP contribution in [0.2, 0.25) is 0 Å². The smallest absolute Gasteiger partial charge is 0.00204 e. The second kappa shape index (κ2) is 5.16. The van der Waals surface area contributed by atoms with E-state index in [9.17, 15) is 0 Å². The lowest BCUT2D eigenvalue weighted by molar-refractivity contribution is 0.358. The van der Waals surface area contributed by atoms with Crippen LogP contribution in [0.1, 0.15) is 24.8 Å². The van der Waals surface area contributed by atoms with Gasteiger partial charge in [0.25, 0.3) is 0 Å². The molecule has 1 heterocycles. The van der Waals surface area contributed by atoms with Crippen LogP contribution in [0.4, 0.5) is 0 Å². The number of aryl methyl sites for hydroxylation is 1. The maximum absolute atomic E-state index is 3.47. The molecule has 1 aliphatic heterocycles. The quantitative estimate of drug-likeness (QED) is 0.770. The molecule has 0 aromatic heterocycles. The highest BCUT2D eigenvalue weighted by Crippen LogP contribution is 2.16. The zero-order valence-electron chi connectivity index (χ0n) is 8.71. The first-order chi connectivity index (χ1) is 6.95. The fourth-order valence-electron chi connectivity index (χ4n) is 2.19. The summed E-state index contributed by atoms with van der Waals surface area (Å²) in [5.41, 5.74) is 1.48. The molecule has 1 aromatic rings. The molecule has 0 aliphatic carbocycles. The number of rotatable bonds is 3. The summed E-state index contributed by atoms with van der Waals surface area (Å²) in [6.45, 7) is 2.45. The van der Waals surface area contributed by atoms with Crippen molar-refractivity contribution < 1.29 is 0 Å². The third-order valence-electron chi connectivity index (χ3n) is 3.08. The van der Waals surface area contributed by atoms with E-state index in [1.165, 1.54) is 44.3 Å². The van der Waals surface area contributed by atoms with Crippen LogP contribution in [0.3, 0.4) is 0 Å². The Morgan fingerprint density at radius 3 is 2.79 bits per heavy atom. The van der Waals surface area contributed by atoms with Crippen LogP contribution in [0.15, 0.2) is 30.3 Å². The van der Waals surface area contributed by atoms with Gasteiger partial charge in [-0.15, -0.1) is 0 Å². The summed E-state index contributed by atoms with van der Waals surface area (Å²) in [4.78, 5) is 0. The van der Waals surface area contributed by atoms with Gasteiger partial charge in [-0.25, -0.2) is 0 Å². The molecule has 0 unspecified atom stereocenters. The predicted molar refractivity (Wildman–Crippen MR) is 60.4 cm³/mol.